The number of benzene rings is 1. The summed E-state index contributed by atoms with van der Waals surface area (Å²) in [5.41, 5.74) is 0.535. The van der Waals surface area contributed by atoms with E-state index in [2.05, 4.69) is 32.2 Å². The van der Waals surface area contributed by atoms with E-state index in [0.717, 1.165) is 25.7 Å². The highest BCUT2D eigenvalue weighted by Gasteiger charge is 2.17. The Hall–Kier alpha value is -2.99. The fourth-order valence-corrected chi connectivity index (χ4v) is 4.03. The molecule has 0 fully saturated rings. The van der Waals surface area contributed by atoms with Gasteiger partial charge < -0.3 is 20.1 Å². The van der Waals surface area contributed by atoms with E-state index in [1.54, 1.807) is 12.1 Å². The zero-order valence-corrected chi connectivity index (χ0v) is 20.5. The van der Waals surface area contributed by atoms with Crippen molar-refractivity contribution in [2.75, 3.05) is 24.3 Å². The number of carbonyl (C=O) groups excluding carboxylic acids is 1. The lowest BCUT2D eigenvalue weighted by atomic mass is 10.1. The van der Waals surface area contributed by atoms with E-state index in [1.807, 2.05) is 0 Å². The third-order valence-electron chi connectivity index (χ3n) is 4.50. The lowest BCUT2D eigenvalue weighted by molar-refractivity contribution is -0.119. The number of thiocarbonyl (C=S) groups is 1. The number of hydrogen-bond acceptors (Lipinski definition) is 8. The summed E-state index contributed by atoms with van der Waals surface area (Å²) in [7, 11) is -1.17. The van der Waals surface area contributed by atoms with Gasteiger partial charge in [-0.1, -0.05) is 32.6 Å². The van der Waals surface area contributed by atoms with Gasteiger partial charge in [0, 0.05) is 18.2 Å². The second-order valence-electron chi connectivity index (χ2n) is 7.08. The van der Waals surface area contributed by atoms with Gasteiger partial charge in [-0.15, -0.1) is 0 Å². The molecule has 180 valence electrons. The highest BCUT2D eigenvalue weighted by Crippen LogP contribution is 2.21. The number of aromatic nitrogens is 2. The Bertz CT molecular complexity index is 1020. The molecule has 0 saturated carbocycles. The number of hydrogen-bond donors (Lipinski definition) is 3. The lowest BCUT2D eigenvalue weighted by Gasteiger charge is -2.11. The Kier molecular flexibility index (Phi) is 10.3. The summed E-state index contributed by atoms with van der Waals surface area (Å²) in [6, 6.07) is 7.18. The number of methoxy groups -OCH3 is 2. The fraction of sp³-hybridized carbons (Fsp3) is 0.429. The number of nitrogens with one attached hydrogen (secondary N) is 3. The van der Waals surface area contributed by atoms with Crippen molar-refractivity contribution in [1.29, 1.82) is 0 Å². The molecule has 0 radical (unpaired) electrons. The van der Waals surface area contributed by atoms with Crippen LogP contribution in [0.25, 0.3) is 0 Å². The molecular weight excluding hydrogens is 466 g/mol. The van der Waals surface area contributed by atoms with Gasteiger partial charge in [-0.05, 0) is 42.9 Å². The molecule has 3 N–H and O–H groups in total. The molecule has 0 spiro atoms. The molecule has 0 aliphatic carbocycles. The van der Waals surface area contributed by atoms with E-state index in [4.69, 9.17) is 21.7 Å². The molecule has 2 aromatic rings. The Labute approximate surface area is 199 Å². The summed E-state index contributed by atoms with van der Waals surface area (Å²) >= 11 is 5.16. The van der Waals surface area contributed by atoms with Gasteiger partial charge in [0.25, 0.3) is 10.0 Å². The summed E-state index contributed by atoms with van der Waals surface area (Å²) in [5, 5.41) is 5.66. The van der Waals surface area contributed by atoms with E-state index >= 15 is 0 Å². The van der Waals surface area contributed by atoms with Crippen LogP contribution in [0.3, 0.4) is 0 Å². The fourth-order valence-electron chi connectivity index (χ4n) is 2.81. The van der Waals surface area contributed by atoms with Crippen LogP contribution in [0.5, 0.6) is 11.9 Å². The van der Waals surface area contributed by atoms with Crippen molar-refractivity contribution in [2.24, 2.45) is 0 Å². The van der Waals surface area contributed by atoms with Crippen LogP contribution >= 0.6 is 12.2 Å². The molecule has 1 amide bonds. The van der Waals surface area contributed by atoms with Gasteiger partial charge >= 0.3 is 6.01 Å². The number of anilines is 2. The number of ether oxygens (including phenoxy) is 2. The van der Waals surface area contributed by atoms with Crippen molar-refractivity contribution in [2.45, 2.75) is 50.3 Å². The van der Waals surface area contributed by atoms with Crippen molar-refractivity contribution < 1.29 is 22.7 Å². The van der Waals surface area contributed by atoms with Crippen molar-refractivity contribution in [3.05, 3.63) is 30.3 Å². The van der Waals surface area contributed by atoms with Gasteiger partial charge in [-0.3, -0.25) is 9.52 Å². The van der Waals surface area contributed by atoms with Gasteiger partial charge in [-0.2, -0.15) is 9.97 Å². The largest absolute Gasteiger partial charge is 0.481 e. The molecule has 1 heterocycles. The third-order valence-corrected chi connectivity index (χ3v) is 6.07. The quantitative estimate of drug-likeness (QED) is 0.299. The monoisotopic (exact) mass is 495 g/mol. The normalized spacial score (nSPS) is 10.9. The Morgan fingerprint density at radius 2 is 1.73 bits per heavy atom. The number of sulfonamides is 1. The molecule has 0 bridgehead atoms. The summed E-state index contributed by atoms with van der Waals surface area (Å²) in [4.78, 5) is 19.9. The first kappa shape index (κ1) is 26.3. The van der Waals surface area contributed by atoms with E-state index in [-0.39, 0.29) is 33.6 Å². The SMILES string of the molecule is CCCCCCCC(=O)NC(=S)Nc1ccc(S(=O)(=O)Nc2cc(OC)nc(OC)n2)cc1. The number of carbonyl (C=O) groups is 1. The Morgan fingerprint density at radius 1 is 1.03 bits per heavy atom. The molecule has 33 heavy (non-hydrogen) atoms. The van der Waals surface area contributed by atoms with Crippen LogP contribution in [-0.2, 0) is 14.8 Å². The summed E-state index contributed by atoms with van der Waals surface area (Å²) in [5.74, 6) is -0.00166. The van der Waals surface area contributed by atoms with E-state index < -0.39 is 10.0 Å². The van der Waals surface area contributed by atoms with Crippen LogP contribution in [0.1, 0.15) is 45.4 Å². The van der Waals surface area contributed by atoms with Crippen LogP contribution in [0.2, 0.25) is 0 Å². The molecule has 0 unspecified atom stereocenters. The second kappa shape index (κ2) is 12.9. The molecule has 1 aromatic heterocycles. The van der Waals surface area contributed by atoms with Gasteiger partial charge in [0.2, 0.25) is 11.8 Å². The first-order chi connectivity index (χ1) is 15.8. The van der Waals surface area contributed by atoms with Crippen molar-refractivity contribution >= 4 is 44.8 Å². The average molecular weight is 496 g/mol. The summed E-state index contributed by atoms with van der Waals surface area (Å²) in [6.07, 6.45) is 5.69. The van der Waals surface area contributed by atoms with Crippen LogP contribution < -0.4 is 24.8 Å². The predicted molar refractivity (Wildman–Crippen MR) is 130 cm³/mol. The molecule has 1 aromatic carbocycles. The third kappa shape index (κ3) is 8.81. The molecule has 0 saturated heterocycles. The minimum absolute atomic E-state index is 0.000476. The highest BCUT2D eigenvalue weighted by atomic mass is 32.2. The Morgan fingerprint density at radius 3 is 2.36 bits per heavy atom. The maximum atomic E-state index is 12.7. The topological polar surface area (TPSA) is 132 Å². The molecule has 0 aliphatic heterocycles. The summed E-state index contributed by atoms with van der Waals surface area (Å²) in [6.45, 7) is 2.14. The highest BCUT2D eigenvalue weighted by molar-refractivity contribution is 7.92. The predicted octanol–water partition coefficient (Wildman–Crippen LogP) is 3.47. The number of unbranched alkanes of at least 4 members (excludes halogenated alkanes) is 4. The van der Waals surface area contributed by atoms with Crippen LogP contribution in [-0.4, -0.2) is 43.6 Å². The Balaban J connectivity index is 1.93. The van der Waals surface area contributed by atoms with Gasteiger partial charge in [-0.25, -0.2) is 8.42 Å². The smallest absolute Gasteiger partial charge is 0.321 e. The number of nitrogens with zero attached hydrogens (tertiary/aromatic N) is 2. The number of amides is 1. The van der Waals surface area contributed by atoms with Crippen LogP contribution in [0, 0.1) is 0 Å². The van der Waals surface area contributed by atoms with Gasteiger partial charge in [0.05, 0.1) is 19.1 Å². The van der Waals surface area contributed by atoms with E-state index in [1.165, 1.54) is 38.8 Å². The zero-order valence-electron chi connectivity index (χ0n) is 18.9. The maximum absolute atomic E-state index is 12.7. The van der Waals surface area contributed by atoms with E-state index in [9.17, 15) is 13.2 Å². The van der Waals surface area contributed by atoms with Crippen molar-refractivity contribution in [3.63, 3.8) is 0 Å². The molecule has 2 rings (SSSR count). The van der Waals surface area contributed by atoms with Crippen LogP contribution in [0.4, 0.5) is 11.5 Å². The minimum Gasteiger partial charge on any atom is -0.481 e. The first-order valence-electron chi connectivity index (χ1n) is 10.5. The molecule has 0 atom stereocenters. The lowest BCUT2D eigenvalue weighted by Crippen LogP contribution is -2.33. The maximum Gasteiger partial charge on any atom is 0.321 e. The van der Waals surface area contributed by atoms with Crippen molar-refractivity contribution in [3.8, 4) is 11.9 Å². The molecule has 10 nitrogen and oxygen atoms in total. The van der Waals surface area contributed by atoms with E-state index in [0.29, 0.717) is 12.1 Å². The second-order valence-corrected chi connectivity index (χ2v) is 9.17. The van der Waals surface area contributed by atoms with Crippen molar-refractivity contribution in [1.82, 2.24) is 15.3 Å². The molecule has 0 aliphatic rings. The minimum atomic E-state index is -3.93. The van der Waals surface area contributed by atoms with Gasteiger partial charge in [0.1, 0.15) is 0 Å². The van der Waals surface area contributed by atoms with Gasteiger partial charge in [0.15, 0.2) is 10.9 Å². The molecular formula is C21H29N5O5S2. The first-order valence-corrected chi connectivity index (χ1v) is 12.4. The van der Waals surface area contributed by atoms with Crippen LogP contribution in [0.15, 0.2) is 35.2 Å². The standard InChI is InChI=1S/C21H29N5O5S2/c1-4-5-6-7-8-9-18(27)24-21(32)22-15-10-12-16(13-11-15)33(28,29)26-17-14-19(30-2)25-20(23-17)31-3/h10-14H,4-9H2,1-3H3,(H,23,25,26)(H2,22,24,27,32). The average Bonchev–Trinajstić information content (AvgIpc) is 2.78. The molecule has 12 heteroatoms. The zero-order chi connectivity index (χ0) is 24.3. The number of rotatable bonds is 12. The summed E-state index contributed by atoms with van der Waals surface area (Å²) < 4.78 is 37.7.